The van der Waals surface area contributed by atoms with Crippen LogP contribution in [0.5, 0.6) is 0 Å². The highest BCUT2D eigenvalue weighted by atomic mass is 14.9. The van der Waals surface area contributed by atoms with Crippen LogP contribution in [0.1, 0.15) is 12.7 Å². The van der Waals surface area contributed by atoms with E-state index in [-0.39, 0.29) is 0 Å². The Morgan fingerprint density at radius 1 is 1.33 bits per heavy atom. The van der Waals surface area contributed by atoms with E-state index < -0.39 is 0 Å². The first-order chi connectivity index (χ1) is 7.29. The molecule has 0 unspecified atom stereocenters. The highest BCUT2D eigenvalue weighted by Gasteiger charge is 2.03. The lowest BCUT2D eigenvalue weighted by atomic mass is 10.2. The van der Waals surface area contributed by atoms with Gasteiger partial charge < -0.3 is 5.73 Å². The van der Waals surface area contributed by atoms with Gasteiger partial charge >= 0.3 is 0 Å². The van der Waals surface area contributed by atoms with Gasteiger partial charge in [0, 0.05) is 30.4 Å². The second-order valence-corrected chi connectivity index (χ2v) is 3.19. The van der Waals surface area contributed by atoms with E-state index in [1.807, 2.05) is 19.1 Å². The monoisotopic (exact) mass is 200 g/mol. The van der Waals surface area contributed by atoms with Crippen LogP contribution >= 0.6 is 0 Å². The normalized spacial score (nSPS) is 10.2. The number of nitrogen functional groups attached to an aromatic ring is 1. The minimum absolute atomic E-state index is 0.501. The van der Waals surface area contributed by atoms with E-state index in [2.05, 4.69) is 15.0 Å². The summed E-state index contributed by atoms with van der Waals surface area (Å²) in [4.78, 5) is 12.6. The number of nitrogens with two attached hydrogens (primary N) is 1. The fraction of sp³-hybridized carbons (Fsp3) is 0.182. The van der Waals surface area contributed by atoms with Crippen LogP contribution in [0.2, 0.25) is 0 Å². The number of aryl methyl sites for hydroxylation is 1. The smallest absolute Gasteiger partial charge is 0.131 e. The maximum absolute atomic E-state index is 5.70. The maximum atomic E-state index is 5.70. The molecule has 0 saturated carbocycles. The molecule has 4 nitrogen and oxygen atoms in total. The molecule has 2 aromatic rings. The Balaban J connectivity index is 2.49. The molecule has 0 aliphatic carbocycles. The van der Waals surface area contributed by atoms with Gasteiger partial charge in [-0.2, -0.15) is 0 Å². The maximum Gasteiger partial charge on any atom is 0.131 e. The van der Waals surface area contributed by atoms with Crippen LogP contribution in [0, 0.1) is 0 Å². The summed E-state index contributed by atoms with van der Waals surface area (Å²) in [5.74, 6) is 1.26. The molecule has 0 aromatic carbocycles. The highest BCUT2D eigenvalue weighted by molar-refractivity contribution is 5.60. The van der Waals surface area contributed by atoms with Gasteiger partial charge in [-0.15, -0.1) is 0 Å². The Bertz CT molecular complexity index is 453. The molecule has 2 N–H and O–H groups in total. The first-order valence-corrected chi connectivity index (χ1v) is 4.83. The number of pyridine rings is 1. The molecule has 2 rings (SSSR count). The minimum atomic E-state index is 0.501. The first-order valence-electron chi connectivity index (χ1n) is 4.83. The van der Waals surface area contributed by atoms with Crippen molar-refractivity contribution in [3.05, 3.63) is 36.4 Å². The molecular weight excluding hydrogens is 188 g/mol. The predicted octanol–water partition coefficient (Wildman–Crippen LogP) is 1.68. The summed E-state index contributed by atoms with van der Waals surface area (Å²) < 4.78 is 0. The summed E-state index contributed by atoms with van der Waals surface area (Å²) in [5, 5.41) is 0. The van der Waals surface area contributed by atoms with Crippen LogP contribution in [0.3, 0.4) is 0 Å². The van der Waals surface area contributed by atoms with Gasteiger partial charge in [-0.3, -0.25) is 4.98 Å². The molecule has 4 heteroatoms. The van der Waals surface area contributed by atoms with E-state index >= 15 is 0 Å². The van der Waals surface area contributed by atoms with Crippen LogP contribution in [-0.2, 0) is 6.42 Å². The van der Waals surface area contributed by atoms with Gasteiger partial charge in [0.05, 0.1) is 5.69 Å². The van der Waals surface area contributed by atoms with Crippen LogP contribution in [0.4, 0.5) is 5.82 Å². The number of nitrogens with zero attached hydrogens (tertiary/aromatic N) is 3. The molecule has 0 spiro atoms. The van der Waals surface area contributed by atoms with Gasteiger partial charge in [0.25, 0.3) is 0 Å². The van der Waals surface area contributed by atoms with Gasteiger partial charge in [-0.25, -0.2) is 9.97 Å². The van der Waals surface area contributed by atoms with Crippen molar-refractivity contribution < 1.29 is 0 Å². The van der Waals surface area contributed by atoms with Gasteiger partial charge in [0.1, 0.15) is 11.6 Å². The third kappa shape index (κ3) is 2.10. The van der Waals surface area contributed by atoms with Gasteiger partial charge in [0.2, 0.25) is 0 Å². The molecule has 0 aliphatic heterocycles. The van der Waals surface area contributed by atoms with Crippen molar-refractivity contribution in [2.75, 3.05) is 5.73 Å². The Morgan fingerprint density at radius 3 is 2.87 bits per heavy atom. The summed E-state index contributed by atoms with van der Waals surface area (Å²) >= 11 is 0. The number of hydrogen-bond acceptors (Lipinski definition) is 4. The molecule has 0 fully saturated rings. The van der Waals surface area contributed by atoms with E-state index in [4.69, 9.17) is 5.73 Å². The van der Waals surface area contributed by atoms with E-state index in [0.717, 1.165) is 23.5 Å². The Hall–Kier alpha value is -1.97. The SMILES string of the molecule is CCc1nc(N)cc(-c2cccnc2)n1. The lowest BCUT2D eigenvalue weighted by Gasteiger charge is -2.03. The molecule has 15 heavy (non-hydrogen) atoms. The molecule has 0 atom stereocenters. The Kier molecular flexibility index (Phi) is 2.58. The van der Waals surface area contributed by atoms with Crippen LogP contribution in [-0.4, -0.2) is 15.0 Å². The summed E-state index contributed by atoms with van der Waals surface area (Å²) in [5.41, 5.74) is 7.49. The summed E-state index contributed by atoms with van der Waals surface area (Å²) in [6.45, 7) is 2.00. The van der Waals surface area contributed by atoms with Crippen molar-refractivity contribution in [1.29, 1.82) is 0 Å². The van der Waals surface area contributed by atoms with Crippen LogP contribution in [0.15, 0.2) is 30.6 Å². The van der Waals surface area contributed by atoms with Crippen molar-refractivity contribution in [2.45, 2.75) is 13.3 Å². The number of hydrogen-bond donors (Lipinski definition) is 1. The molecule has 76 valence electrons. The topological polar surface area (TPSA) is 64.7 Å². The van der Waals surface area contributed by atoms with Crippen molar-refractivity contribution in [1.82, 2.24) is 15.0 Å². The molecular formula is C11H12N4. The quantitative estimate of drug-likeness (QED) is 0.801. The molecule has 2 aromatic heterocycles. The molecule has 0 bridgehead atoms. The van der Waals surface area contributed by atoms with Crippen LogP contribution < -0.4 is 5.73 Å². The van der Waals surface area contributed by atoms with Crippen LogP contribution in [0.25, 0.3) is 11.3 Å². The van der Waals surface area contributed by atoms with Crippen molar-refractivity contribution in [2.24, 2.45) is 0 Å². The molecule has 0 amide bonds. The fourth-order valence-electron chi connectivity index (χ4n) is 1.34. The third-order valence-corrected chi connectivity index (χ3v) is 2.07. The van der Waals surface area contributed by atoms with E-state index in [9.17, 15) is 0 Å². The Labute approximate surface area is 88.2 Å². The average Bonchev–Trinajstić information content (AvgIpc) is 2.29. The van der Waals surface area contributed by atoms with Crippen molar-refractivity contribution in [3.63, 3.8) is 0 Å². The zero-order chi connectivity index (χ0) is 10.7. The number of aromatic nitrogens is 3. The number of rotatable bonds is 2. The average molecular weight is 200 g/mol. The number of anilines is 1. The fourth-order valence-corrected chi connectivity index (χ4v) is 1.34. The summed E-state index contributed by atoms with van der Waals surface area (Å²) in [6.07, 6.45) is 4.27. The highest BCUT2D eigenvalue weighted by Crippen LogP contribution is 2.17. The second kappa shape index (κ2) is 4.04. The summed E-state index contributed by atoms with van der Waals surface area (Å²) in [7, 11) is 0. The van der Waals surface area contributed by atoms with Crippen molar-refractivity contribution in [3.8, 4) is 11.3 Å². The zero-order valence-electron chi connectivity index (χ0n) is 8.51. The van der Waals surface area contributed by atoms with Crippen molar-refractivity contribution >= 4 is 5.82 Å². The lowest BCUT2D eigenvalue weighted by molar-refractivity contribution is 0.948. The minimum Gasteiger partial charge on any atom is -0.384 e. The third-order valence-electron chi connectivity index (χ3n) is 2.07. The van der Waals surface area contributed by atoms with Gasteiger partial charge in [-0.05, 0) is 12.1 Å². The Morgan fingerprint density at radius 2 is 2.20 bits per heavy atom. The van der Waals surface area contributed by atoms with E-state index in [1.54, 1.807) is 18.5 Å². The lowest BCUT2D eigenvalue weighted by Crippen LogP contribution is -2.00. The first kappa shape index (κ1) is 9.58. The zero-order valence-corrected chi connectivity index (χ0v) is 8.51. The molecule has 0 saturated heterocycles. The molecule has 0 radical (unpaired) electrons. The van der Waals surface area contributed by atoms with E-state index in [1.165, 1.54) is 0 Å². The molecule has 2 heterocycles. The second-order valence-electron chi connectivity index (χ2n) is 3.19. The largest absolute Gasteiger partial charge is 0.384 e. The van der Waals surface area contributed by atoms with E-state index in [0.29, 0.717) is 5.82 Å². The van der Waals surface area contributed by atoms with Gasteiger partial charge in [-0.1, -0.05) is 6.92 Å². The predicted molar refractivity (Wildman–Crippen MR) is 59.1 cm³/mol. The standard InChI is InChI=1S/C11H12N4/c1-2-11-14-9(6-10(12)15-11)8-4-3-5-13-7-8/h3-7H,2H2,1H3,(H2,12,14,15). The summed E-state index contributed by atoms with van der Waals surface area (Å²) in [6, 6.07) is 5.59. The molecule has 0 aliphatic rings. The van der Waals surface area contributed by atoms with Gasteiger partial charge in [0.15, 0.2) is 0 Å².